The van der Waals surface area contributed by atoms with Gasteiger partial charge in [0.1, 0.15) is 23.2 Å². The molecule has 4 heterocycles. The first-order chi connectivity index (χ1) is 20.7. The lowest BCUT2D eigenvalue weighted by Crippen LogP contribution is -2.42. The highest BCUT2D eigenvalue weighted by Gasteiger charge is 2.33. The van der Waals surface area contributed by atoms with Crippen LogP contribution in [-0.2, 0) is 37.1 Å². The van der Waals surface area contributed by atoms with E-state index in [2.05, 4.69) is 21.7 Å². The summed E-state index contributed by atoms with van der Waals surface area (Å²) >= 11 is -1.51. The third kappa shape index (κ3) is 6.04. The van der Waals surface area contributed by atoms with Crippen LogP contribution in [-0.4, -0.2) is 74.1 Å². The molecule has 2 aliphatic rings. The van der Waals surface area contributed by atoms with Gasteiger partial charge in [-0.2, -0.15) is 9.97 Å². The Kier molecular flexibility index (Phi) is 8.50. The summed E-state index contributed by atoms with van der Waals surface area (Å²) in [5.74, 6) is 0.371. The second-order valence-corrected chi connectivity index (χ2v) is 13.1. The zero-order valence-electron chi connectivity index (χ0n) is 24.6. The van der Waals surface area contributed by atoms with Gasteiger partial charge in [-0.1, -0.05) is 24.3 Å². The van der Waals surface area contributed by atoms with Crippen LogP contribution in [0.5, 0.6) is 0 Å². The van der Waals surface area contributed by atoms with Crippen molar-refractivity contribution in [3.05, 3.63) is 82.8 Å². The van der Waals surface area contributed by atoms with E-state index in [0.717, 1.165) is 27.9 Å². The summed E-state index contributed by atoms with van der Waals surface area (Å²) in [5.41, 5.74) is 3.98. The minimum Gasteiger partial charge on any atom is -0.609 e. The lowest BCUT2D eigenvalue weighted by molar-refractivity contribution is 0.145. The van der Waals surface area contributed by atoms with Gasteiger partial charge in [-0.25, -0.2) is 8.78 Å². The Morgan fingerprint density at radius 2 is 1.88 bits per heavy atom. The van der Waals surface area contributed by atoms with Gasteiger partial charge in [-0.3, -0.25) is 9.88 Å². The molecule has 4 aromatic rings. The minimum absolute atomic E-state index is 0.0127. The van der Waals surface area contributed by atoms with E-state index in [1.807, 2.05) is 36.2 Å². The first-order valence-electron chi connectivity index (χ1n) is 14.6. The van der Waals surface area contributed by atoms with Gasteiger partial charge in [0.25, 0.3) is 0 Å². The monoisotopic (exact) mass is 606 g/mol. The average Bonchev–Trinajstić information content (AvgIpc) is 2.98. The maximum absolute atomic E-state index is 15.0. The lowest BCUT2D eigenvalue weighted by Gasteiger charge is -2.39. The molecule has 0 aliphatic carbocycles. The van der Waals surface area contributed by atoms with Gasteiger partial charge in [-0.15, -0.1) is 0 Å². The molecule has 0 saturated heterocycles. The number of aromatic nitrogens is 3. The average molecular weight is 607 g/mol. The van der Waals surface area contributed by atoms with Gasteiger partial charge in [-0.05, 0) is 56.8 Å². The molecule has 11 heteroatoms. The first kappa shape index (κ1) is 29.7. The summed E-state index contributed by atoms with van der Waals surface area (Å²) in [6.45, 7) is 6.13. The summed E-state index contributed by atoms with van der Waals surface area (Å²) < 4.78 is 43.5. The fraction of sp³-hybridized carbons (Fsp3) is 0.406. The number of nitrogens with zero attached hydrogens (tertiary/aromatic N) is 6. The third-order valence-corrected chi connectivity index (χ3v) is 9.52. The maximum atomic E-state index is 15.0. The van der Waals surface area contributed by atoms with E-state index in [9.17, 15) is 14.0 Å². The number of rotatable bonds is 8. The molecule has 6 rings (SSSR count). The second kappa shape index (κ2) is 12.3. The highest BCUT2D eigenvalue weighted by atomic mass is 32.2. The predicted molar refractivity (Wildman–Crippen MR) is 165 cm³/mol. The Labute approximate surface area is 253 Å². The molecule has 43 heavy (non-hydrogen) atoms. The van der Waals surface area contributed by atoms with Crippen molar-refractivity contribution in [3.8, 4) is 0 Å². The fourth-order valence-corrected chi connectivity index (χ4v) is 7.30. The quantitative estimate of drug-likeness (QED) is 0.235. The van der Waals surface area contributed by atoms with Crippen molar-refractivity contribution in [1.29, 1.82) is 0 Å². The molecule has 0 amide bonds. The molecule has 3 atom stereocenters. The van der Waals surface area contributed by atoms with E-state index in [-0.39, 0.29) is 22.8 Å². The van der Waals surface area contributed by atoms with Gasteiger partial charge >= 0.3 is 5.16 Å². The molecule has 0 fully saturated rings. The van der Waals surface area contributed by atoms with Crippen LogP contribution >= 0.6 is 0 Å². The van der Waals surface area contributed by atoms with Crippen molar-refractivity contribution >= 4 is 33.5 Å². The Balaban J connectivity index is 1.38. The summed E-state index contributed by atoms with van der Waals surface area (Å²) in [6, 6.07) is 10.9. The molecule has 1 N–H and O–H groups in total. The Morgan fingerprint density at radius 1 is 1.09 bits per heavy atom. The highest BCUT2D eigenvalue weighted by molar-refractivity contribution is 7.91. The topological polar surface area (TPSA) is 91.7 Å². The van der Waals surface area contributed by atoms with Crippen LogP contribution in [0, 0.1) is 11.6 Å². The smallest absolute Gasteiger partial charge is 0.345 e. The molecule has 0 spiro atoms. The van der Waals surface area contributed by atoms with E-state index in [1.165, 1.54) is 12.3 Å². The standard InChI is InChI=1S/C32H36F2N6O2S/c1-20-14-23-15-35-16-27(34)25(23)18-40(20)31-24-10-11-39(29-9-5-7-22-6-4-8-26(33)30(22)29)19-28(24)36-32(37-31)43(42)13-12-38(3)17-21(2)41/h4-9,15-16,20-21,41H,10-14,17-19H2,1-3H3/t20-,21+,43?/m1/s1. The van der Waals surface area contributed by atoms with Crippen LogP contribution < -0.4 is 9.80 Å². The van der Waals surface area contributed by atoms with Crippen molar-refractivity contribution in [2.24, 2.45) is 0 Å². The van der Waals surface area contributed by atoms with Crippen molar-refractivity contribution in [2.75, 3.05) is 42.2 Å². The van der Waals surface area contributed by atoms with Crippen LogP contribution in [0.2, 0.25) is 0 Å². The van der Waals surface area contributed by atoms with Crippen molar-refractivity contribution in [1.82, 2.24) is 19.9 Å². The number of hydrogen-bond acceptors (Lipinski definition) is 8. The van der Waals surface area contributed by atoms with Gasteiger partial charge in [0.2, 0.25) is 0 Å². The predicted octanol–water partition coefficient (Wildman–Crippen LogP) is 4.24. The number of aliphatic hydroxyl groups excluding tert-OH is 1. The number of halogens is 2. The maximum Gasteiger partial charge on any atom is 0.345 e. The third-order valence-electron chi connectivity index (χ3n) is 8.38. The number of aliphatic hydroxyl groups is 1. The van der Waals surface area contributed by atoms with Crippen LogP contribution in [0.3, 0.4) is 0 Å². The van der Waals surface area contributed by atoms with Crippen molar-refractivity contribution in [3.63, 3.8) is 0 Å². The van der Waals surface area contributed by atoms with E-state index in [1.54, 1.807) is 19.2 Å². The van der Waals surface area contributed by atoms with E-state index >= 15 is 4.39 Å². The van der Waals surface area contributed by atoms with Crippen LogP contribution in [0.4, 0.5) is 20.3 Å². The zero-order valence-corrected chi connectivity index (χ0v) is 25.4. The Bertz CT molecular complexity index is 1630. The SMILES string of the molecule is C[C@H](O)CN(C)CC[S+]([O-])c1nc2c(c(N3Cc4c(F)cncc4C[C@H]3C)n1)CCN(c1cccc3cccc(F)c13)C2. The largest absolute Gasteiger partial charge is 0.609 e. The highest BCUT2D eigenvalue weighted by Crippen LogP contribution is 2.37. The zero-order chi connectivity index (χ0) is 30.2. The Morgan fingerprint density at radius 3 is 2.67 bits per heavy atom. The minimum atomic E-state index is -1.51. The molecule has 2 aromatic heterocycles. The Hall–Kier alpha value is -3.38. The number of anilines is 2. The molecule has 8 nitrogen and oxygen atoms in total. The number of hydrogen-bond donors (Lipinski definition) is 1. The molecule has 226 valence electrons. The molecular formula is C32H36F2N6O2S. The van der Waals surface area contributed by atoms with E-state index in [4.69, 9.17) is 9.97 Å². The van der Waals surface area contributed by atoms with Gasteiger partial charge in [0, 0.05) is 71.8 Å². The molecule has 0 bridgehead atoms. The van der Waals surface area contributed by atoms with E-state index in [0.29, 0.717) is 68.1 Å². The molecule has 2 aromatic carbocycles. The van der Waals surface area contributed by atoms with Crippen LogP contribution in [0.1, 0.15) is 36.2 Å². The van der Waals surface area contributed by atoms with Crippen molar-refractivity contribution in [2.45, 2.75) is 57.1 Å². The summed E-state index contributed by atoms with van der Waals surface area (Å²) in [4.78, 5) is 19.9. The fourth-order valence-electron chi connectivity index (χ4n) is 6.24. The second-order valence-electron chi connectivity index (χ2n) is 11.6. The number of likely N-dealkylation sites (N-methyl/N-ethyl adjacent to an activating group) is 1. The van der Waals surface area contributed by atoms with E-state index < -0.39 is 17.3 Å². The molecule has 1 unspecified atom stereocenters. The van der Waals surface area contributed by atoms with Crippen LogP contribution in [0.25, 0.3) is 10.8 Å². The molecular weight excluding hydrogens is 570 g/mol. The van der Waals surface area contributed by atoms with Gasteiger partial charge in [0.15, 0.2) is 0 Å². The first-order valence-corrected chi connectivity index (χ1v) is 16.0. The lowest BCUT2D eigenvalue weighted by atomic mass is 9.95. The van der Waals surface area contributed by atoms with Crippen LogP contribution in [0.15, 0.2) is 53.9 Å². The summed E-state index contributed by atoms with van der Waals surface area (Å²) in [7, 11) is 1.88. The van der Waals surface area contributed by atoms with Gasteiger partial charge < -0.3 is 19.5 Å². The normalized spacial score (nSPS) is 18.1. The molecule has 2 aliphatic heterocycles. The number of fused-ring (bicyclic) bond motifs is 3. The van der Waals surface area contributed by atoms with Crippen molar-refractivity contribution < 1.29 is 18.4 Å². The number of pyridine rings is 1. The summed E-state index contributed by atoms with van der Waals surface area (Å²) in [6.07, 6.45) is 3.70. The number of benzene rings is 2. The molecule has 0 radical (unpaired) electrons. The van der Waals surface area contributed by atoms with Gasteiger partial charge in [0.05, 0.1) is 24.5 Å². The summed E-state index contributed by atoms with van der Waals surface area (Å²) in [5, 5.41) is 11.4. The molecule has 0 saturated carbocycles.